The quantitative estimate of drug-likeness (QED) is 0.773. The number of fused-ring (bicyclic) bond motifs is 1. The van der Waals surface area contributed by atoms with E-state index in [-0.39, 0.29) is 11.4 Å². The molecule has 1 amide bonds. The van der Waals surface area contributed by atoms with Gasteiger partial charge < -0.3 is 10.2 Å². The van der Waals surface area contributed by atoms with Crippen molar-refractivity contribution in [3.63, 3.8) is 0 Å². The summed E-state index contributed by atoms with van der Waals surface area (Å²) in [6, 6.07) is 14.1. The van der Waals surface area contributed by atoms with E-state index in [4.69, 9.17) is 4.99 Å². The van der Waals surface area contributed by atoms with E-state index < -0.39 is 11.4 Å². The minimum Gasteiger partial charge on any atom is -0.342 e. The second kappa shape index (κ2) is 7.26. The number of nitrogens with zero attached hydrogens (tertiary/aromatic N) is 2. The second-order valence-corrected chi connectivity index (χ2v) is 8.84. The van der Waals surface area contributed by atoms with Crippen LogP contribution in [-0.4, -0.2) is 40.8 Å². The van der Waals surface area contributed by atoms with Crippen LogP contribution in [-0.2, 0) is 6.54 Å². The molecule has 1 fully saturated rings. The van der Waals surface area contributed by atoms with Gasteiger partial charge in [0.15, 0.2) is 0 Å². The average Bonchev–Trinajstić information content (AvgIpc) is 3.04. The summed E-state index contributed by atoms with van der Waals surface area (Å²) in [7, 11) is 0. The topological polar surface area (TPSA) is 56.7 Å². The molecule has 1 spiro atoms. The Morgan fingerprint density at radius 2 is 1.97 bits per heavy atom. The van der Waals surface area contributed by atoms with Crippen LogP contribution in [0.15, 0.2) is 53.5 Å². The summed E-state index contributed by atoms with van der Waals surface area (Å²) < 4.78 is 13.6. The second-order valence-electron chi connectivity index (χ2n) is 8.84. The van der Waals surface area contributed by atoms with Crippen molar-refractivity contribution < 1.29 is 9.18 Å². The molecule has 2 aliphatic heterocycles. The van der Waals surface area contributed by atoms with Crippen molar-refractivity contribution in [1.29, 1.82) is 0 Å². The van der Waals surface area contributed by atoms with E-state index >= 15 is 0 Å². The first-order valence-electron chi connectivity index (χ1n) is 10.0. The van der Waals surface area contributed by atoms with E-state index in [0.29, 0.717) is 25.2 Å². The molecule has 29 heavy (non-hydrogen) atoms. The first-order valence-corrected chi connectivity index (χ1v) is 10.0. The van der Waals surface area contributed by atoms with E-state index in [9.17, 15) is 9.18 Å². The Morgan fingerprint density at radius 1 is 1.17 bits per heavy atom. The van der Waals surface area contributed by atoms with Crippen molar-refractivity contribution >= 4 is 17.4 Å². The lowest BCUT2D eigenvalue weighted by molar-refractivity contribution is 0.0785. The molecular formula is C23H27FN4O. The van der Waals surface area contributed by atoms with Crippen LogP contribution in [0.1, 0.15) is 43.1 Å². The molecule has 0 radical (unpaired) electrons. The lowest BCUT2D eigenvalue weighted by Gasteiger charge is -2.32. The highest BCUT2D eigenvalue weighted by Crippen LogP contribution is 2.31. The highest BCUT2D eigenvalue weighted by atomic mass is 19.1. The summed E-state index contributed by atoms with van der Waals surface area (Å²) in [4.78, 5) is 19.8. The number of likely N-dealkylation sites (tertiary alicyclic amines) is 1. The van der Waals surface area contributed by atoms with Crippen molar-refractivity contribution in [3.8, 4) is 0 Å². The van der Waals surface area contributed by atoms with E-state index in [1.807, 2.05) is 12.1 Å². The molecule has 6 heteroatoms. The number of hydrogen-bond donors (Lipinski definition) is 2. The SMILES string of the molecule is CC(C)(C)N=C1Nc2ccccc2CN[C@]12CCN(C(=O)c1cccc(F)c1)C2. The van der Waals surface area contributed by atoms with E-state index in [0.717, 1.165) is 17.9 Å². The van der Waals surface area contributed by atoms with Crippen LogP contribution in [0.3, 0.4) is 0 Å². The molecule has 0 aromatic heterocycles. The van der Waals surface area contributed by atoms with Crippen molar-refractivity contribution in [2.75, 3.05) is 18.4 Å². The molecule has 2 aromatic rings. The van der Waals surface area contributed by atoms with Crippen LogP contribution in [0, 0.1) is 5.82 Å². The molecule has 2 aliphatic rings. The van der Waals surface area contributed by atoms with Gasteiger partial charge in [0.05, 0.1) is 11.1 Å². The summed E-state index contributed by atoms with van der Waals surface area (Å²) in [5.74, 6) is 0.300. The number of amides is 1. The van der Waals surface area contributed by atoms with Crippen molar-refractivity contribution in [3.05, 3.63) is 65.5 Å². The average molecular weight is 394 g/mol. The van der Waals surface area contributed by atoms with E-state index in [2.05, 4.69) is 43.5 Å². The molecule has 2 aromatic carbocycles. The van der Waals surface area contributed by atoms with Crippen LogP contribution >= 0.6 is 0 Å². The smallest absolute Gasteiger partial charge is 0.254 e. The third-order valence-corrected chi connectivity index (χ3v) is 5.42. The van der Waals surface area contributed by atoms with Gasteiger partial charge in [-0.15, -0.1) is 0 Å². The zero-order chi connectivity index (χ0) is 20.6. The van der Waals surface area contributed by atoms with Gasteiger partial charge in [-0.05, 0) is 57.0 Å². The fraction of sp³-hybridized carbons (Fsp3) is 0.391. The molecule has 4 rings (SSSR count). The Hall–Kier alpha value is -2.73. The van der Waals surface area contributed by atoms with Crippen LogP contribution in [0.5, 0.6) is 0 Å². The number of amidine groups is 1. The molecule has 0 bridgehead atoms. The minimum atomic E-state index is -0.463. The van der Waals surface area contributed by atoms with Crippen molar-refractivity contribution in [2.24, 2.45) is 4.99 Å². The highest BCUT2D eigenvalue weighted by Gasteiger charge is 2.46. The first kappa shape index (κ1) is 19.6. The lowest BCUT2D eigenvalue weighted by Crippen LogP contribution is -2.56. The Bertz CT molecular complexity index is 965. The zero-order valence-corrected chi connectivity index (χ0v) is 17.1. The molecule has 0 unspecified atom stereocenters. The van der Waals surface area contributed by atoms with Crippen molar-refractivity contribution in [1.82, 2.24) is 10.2 Å². The van der Waals surface area contributed by atoms with Crippen LogP contribution in [0.4, 0.5) is 10.1 Å². The number of para-hydroxylation sites is 1. The predicted molar refractivity (Wildman–Crippen MR) is 114 cm³/mol. The number of nitrogens with one attached hydrogen (secondary N) is 2. The number of halogens is 1. The monoisotopic (exact) mass is 394 g/mol. The van der Waals surface area contributed by atoms with Gasteiger partial charge in [0.2, 0.25) is 0 Å². The maximum absolute atomic E-state index is 13.6. The highest BCUT2D eigenvalue weighted by molar-refractivity contribution is 6.05. The van der Waals surface area contributed by atoms with Gasteiger partial charge in [-0.1, -0.05) is 24.3 Å². The maximum atomic E-state index is 13.6. The number of carbonyl (C=O) groups excluding carboxylic acids is 1. The minimum absolute atomic E-state index is 0.153. The Balaban J connectivity index is 1.66. The normalized spacial score (nSPS) is 23.0. The summed E-state index contributed by atoms with van der Waals surface area (Å²) in [5, 5.41) is 7.22. The molecule has 2 heterocycles. The van der Waals surface area contributed by atoms with Gasteiger partial charge >= 0.3 is 0 Å². The zero-order valence-electron chi connectivity index (χ0n) is 17.1. The van der Waals surface area contributed by atoms with Gasteiger partial charge in [0, 0.05) is 30.9 Å². The number of aliphatic imine (C=N–C) groups is 1. The lowest BCUT2D eigenvalue weighted by atomic mass is 9.95. The number of anilines is 1. The van der Waals surface area contributed by atoms with Gasteiger partial charge in [-0.2, -0.15) is 0 Å². The van der Waals surface area contributed by atoms with Crippen LogP contribution in [0.25, 0.3) is 0 Å². The number of benzene rings is 2. The van der Waals surface area contributed by atoms with Gasteiger partial charge in [-0.25, -0.2) is 4.39 Å². The van der Waals surface area contributed by atoms with E-state index in [1.54, 1.807) is 17.0 Å². The molecule has 1 saturated heterocycles. The Labute approximate surface area is 171 Å². The molecule has 2 N–H and O–H groups in total. The standard InChI is InChI=1S/C23H27FN4O/c1-22(2,3)27-21-23(25-14-17-7-4-5-10-19(17)26-21)11-12-28(15-23)20(29)16-8-6-9-18(24)13-16/h4-10,13,25H,11-12,14-15H2,1-3H3,(H,26,27)/t23-/m0/s1. The summed E-state index contributed by atoms with van der Waals surface area (Å²) in [5.41, 5.74) is 1.85. The molecule has 0 saturated carbocycles. The fourth-order valence-corrected chi connectivity index (χ4v) is 3.99. The number of carbonyl (C=O) groups is 1. The predicted octanol–water partition coefficient (Wildman–Crippen LogP) is 3.82. The van der Waals surface area contributed by atoms with Gasteiger partial charge in [-0.3, -0.25) is 15.1 Å². The van der Waals surface area contributed by atoms with E-state index in [1.165, 1.54) is 17.7 Å². The Kier molecular flexibility index (Phi) is 4.90. The fourth-order valence-electron chi connectivity index (χ4n) is 3.99. The molecule has 1 atom stereocenters. The molecule has 0 aliphatic carbocycles. The third kappa shape index (κ3) is 4.03. The number of rotatable bonds is 1. The Morgan fingerprint density at radius 3 is 2.72 bits per heavy atom. The van der Waals surface area contributed by atoms with Gasteiger partial charge in [0.1, 0.15) is 11.7 Å². The molecule has 152 valence electrons. The maximum Gasteiger partial charge on any atom is 0.254 e. The van der Waals surface area contributed by atoms with Crippen molar-refractivity contribution in [2.45, 2.75) is 44.8 Å². The van der Waals surface area contributed by atoms with Gasteiger partial charge in [0.25, 0.3) is 5.91 Å². The summed E-state index contributed by atoms with van der Waals surface area (Å²) >= 11 is 0. The number of hydrogen-bond acceptors (Lipinski definition) is 3. The largest absolute Gasteiger partial charge is 0.342 e. The third-order valence-electron chi connectivity index (χ3n) is 5.42. The van der Waals surface area contributed by atoms with Crippen LogP contribution in [0.2, 0.25) is 0 Å². The van der Waals surface area contributed by atoms with Crippen LogP contribution < -0.4 is 10.6 Å². The summed E-state index contributed by atoms with van der Waals surface area (Å²) in [6.07, 6.45) is 0.740. The molecule has 5 nitrogen and oxygen atoms in total. The molecular weight excluding hydrogens is 367 g/mol. The first-order chi connectivity index (χ1) is 13.8. The summed E-state index contributed by atoms with van der Waals surface area (Å²) in [6.45, 7) is 7.96.